The van der Waals surface area contributed by atoms with E-state index >= 15 is 0 Å². The molecule has 3 saturated heterocycles. The predicted octanol–water partition coefficient (Wildman–Crippen LogP) is 1.57. The third-order valence-corrected chi connectivity index (χ3v) is 9.50. The van der Waals surface area contributed by atoms with Gasteiger partial charge < -0.3 is 20.4 Å². The molecule has 236 valence electrons. The third kappa shape index (κ3) is 6.69. The molecule has 13 nitrogen and oxygen atoms in total. The van der Waals surface area contributed by atoms with Crippen molar-refractivity contribution < 1.29 is 14.4 Å². The molecule has 13 heteroatoms. The molecule has 0 saturated carbocycles. The molecule has 4 aliphatic heterocycles. The van der Waals surface area contributed by atoms with E-state index in [0.29, 0.717) is 25.3 Å². The Morgan fingerprint density at radius 1 is 0.956 bits per heavy atom. The van der Waals surface area contributed by atoms with Crippen molar-refractivity contribution in [1.29, 1.82) is 0 Å². The van der Waals surface area contributed by atoms with Crippen molar-refractivity contribution in [3.05, 3.63) is 59.7 Å². The zero-order valence-electron chi connectivity index (χ0n) is 25.5. The van der Waals surface area contributed by atoms with Gasteiger partial charge >= 0.3 is 0 Å². The van der Waals surface area contributed by atoms with Gasteiger partial charge in [0.2, 0.25) is 23.7 Å². The average molecular weight is 613 g/mol. The highest BCUT2D eigenvalue weighted by atomic mass is 16.2. The van der Waals surface area contributed by atoms with Crippen molar-refractivity contribution in [1.82, 2.24) is 40.2 Å². The molecule has 0 radical (unpaired) electrons. The first-order chi connectivity index (χ1) is 22.0. The second-order valence-corrected chi connectivity index (χ2v) is 12.4. The number of anilines is 3. The highest BCUT2D eigenvalue weighted by molar-refractivity contribution is 6.00. The Bertz CT molecular complexity index is 1540. The van der Waals surface area contributed by atoms with Crippen molar-refractivity contribution in [3.8, 4) is 0 Å². The predicted molar refractivity (Wildman–Crippen MR) is 168 cm³/mol. The minimum absolute atomic E-state index is 0.192. The lowest BCUT2D eigenvalue weighted by atomic mass is 9.90. The lowest BCUT2D eigenvalue weighted by Gasteiger charge is -2.38. The lowest BCUT2D eigenvalue weighted by molar-refractivity contribution is -0.135. The van der Waals surface area contributed by atoms with Gasteiger partial charge in [-0.15, -0.1) is 0 Å². The maximum atomic E-state index is 13.2. The summed E-state index contributed by atoms with van der Waals surface area (Å²) in [6, 6.07) is 8.36. The van der Waals surface area contributed by atoms with Crippen LogP contribution in [0, 0.1) is 0 Å². The van der Waals surface area contributed by atoms with Crippen LogP contribution in [0.2, 0.25) is 0 Å². The number of hydrogen-bond donors (Lipinski definition) is 3. The summed E-state index contributed by atoms with van der Waals surface area (Å²) in [7, 11) is 0. The summed E-state index contributed by atoms with van der Waals surface area (Å²) in [5.74, 6) is 0.107. The largest absolute Gasteiger partial charge is 0.369 e. The fourth-order valence-electron chi connectivity index (χ4n) is 6.79. The molecule has 2 aromatic heterocycles. The standard InChI is InChI=1S/C32H40N10O3/c43-29-6-5-27(31(45)38-29)22-1-3-25(4-2-22)40-15-13-39(14-16-40)21-30(44)41-11-8-26(9-12-41)42-20-24(18-35-42)36-32-34-17-23-7-10-33-19-28(23)37-32/h1-4,17-18,20,26-27,33H,5-16,19,21H2,(H,34,36,37)(H,38,43,45). The second kappa shape index (κ2) is 12.9. The number of amides is 3. The van der Waals surface area contributed by atoms with Crippen molar-refractivity contribution in [2.24, 2.45) is 0 Å². The first-order valence-corrected chi connectivity index (χ1v) is 16.0. The molecule has 1 atom stereocenters. The molecule has 6 heterocycles. The van der Waals surface area contributed by atoms with E-state index in [1.54, 1.807) is 0 Å². The van der Waals surface area contributed by atoms with Gasteiger partial charge in [0, 0.05) is 70.3 Å². The average Bonchev–Trinajstić information content (AvgIpc) is 3.54. The van der Waals surface area contributed by atoms with Crippen LogP contribution in [-0.4, -0.2) is 99.6 Å². The molecule has 4 aliphatic rings. The molecular formula is C32H40N10O3. The minimum Gasteiger partial charge on any atom is -0.369 e. The van der Waals surface area contributed by atoms with E-state index < -0.39 is 0 Å². The molecular weight excluding hydrogens is 572 g/mol. The minimum atomic E-state index is -0.267. The van der Waals surface area contributed by atoms with E-state index in [0.717, 1.165) is 94.3 Å². The van der Waals surface area contributed by atoms with Crippen molar-refractivity contribution in [3.63, 3.8) is 0 Å². The lowest BCUT2D eigenvalue weighted by Crippen LogP contribution is -2.51. The summed E-state index contributed by atoms with van der Waals surface area (Å²) < 4.78 is 2.00. The van der Waals surface area contributed by atoms with Crippen LogP contribution in [-0.2, 0) is 27.3 Å². The summed E-state index contributed by atoms with van der Waals surface area (Å²) in [4.78, 5) is 52.5. The van der Waals surface area contributed by atoms with Gasteiger partial charge in [-0.3, -0.25) is 29.3 Å². The molecule has 3 aromatic rings. The number of fused-ring (bicyclic) bond motifs is 1. The van der Waals surface area contributed by atoms with Gasteiger partial charge in [0.05, 0.1) is 36.1 Å². The van der Waals surface area contributed by atoms with Crippen LogP contribution in [0.1, 0.15) is 54.5 Å². The smallest absolute Gasteiger partial charge is 0.236 e. The number of imide groups is 1. The Hall–Kier alpha value is -4.36. The van der Waals surface area contributed by atoms with Crippen LogP contribution in [0.25, 0.3) is 0 Å². The van der Waals surface area contributed by atoms with Gasteiger partial charge in [-0.2, -0.15) is 5.10 Å². The maximum Gasteiger partial charge on any atom is 0.236 e. The molecule has 45 heavy (non-hydrogen) atoms. The van der Waals surface area contributed by atoms with E-state index in [1.165, 1.54) is 5.56 Å². The Labute approximate surface area is 262 Å². The molecule has 0 bridgehead atoms. The maximum absolute atomic E-state index is 13.2. The molecule has 0 spiro atoms. The van der Waals surface area contributed by atoms with E-state index in [1.807, 2.05) is 40.3 Å². The Morgan fingerprint density at radius 2 is 1.76 bits per heavy atom. The van der Waals surface area contributed by atoms with Crippen molar-refractivity contribution >= 4 is 35.0 Å². The Kier molecular flexibility index (Phi) is 8.44. The zero-order valence-corrected chi connectivity index (χ0v) is 25.5. The number of aromatic nitrogens is 4. The van der Waals surface area contributed by atoms with E-state index in [-0.39, 0.29) is 29.7 Å². The summed E-state index contributed by atoms with van der Waals surface area (Å²) >= 11 is 0. The SMILES string of the molecule is O=C1CCC(c2ccc(N3CCN(CC(=O)N4CCC(n5cc(Nc6ncc7c(n6)CNCC7)cn5)CC4)CC3)cc2)C(=O)N1. The Morgan fingerprint density at radius 3 is 2.53 bits per heavy atom. The number of carbonyl (C=O) groups is 3. The molecule has 7 rings (SSSR count). The molecule has 0 aliphatic carbocycles. The summed E-state index contributed by atoms with van der Waals surface area (Å²) in [5.41, 5.74) is 5.17. The number of likely N-dealkylation sites (tertiary alicyclic amines) is 1. The van der Waals surface area contributed by atoms with Crippen molar-refractivity contribution in [2.45, 2.75) is 50.6 Å². The molecule has 3 amide bonds. The summed E-state index contributed by atoms with van der Waals surface area (Å²) in [6.45, 7) is 6.97. The number of carbonyl (C=O) groups excluding carboxylic acids is 3. The summed E-state index contributed by atoms with van der Waals surface area (Å²) in [6.07, 6.45) is 9.36. The number of nitrogens with one attached hydrogen (secondary N) is 3. The Balaban J connectivity index is 0.847. The van der Waals surface area contributed by atoms with E-state index in [9.17, 15) is 14.4 Å². The van der Waals surface area contributed by atoms with Crippen LogP contribution >= 0.6 is 0 Å². The monoisotopic (exact) mass is 612 g/mol. The number of piperazine rings is 1. The van der Waals surface area contributed by atoms with Crippen LogP contribution in [0.4, 0.5) is 17.3 Å². The highest BCUT2D eigenvalue weighted by Crippen LogP contribution is 2.28. The summed E-state index contributed by atoms with van der Waals surface area (Å²) in [5, 5.41) is 13.7. The first kappa shape index (κ1) is 29.4. The number of piperidine rings is 2. The molecule has 3 N–H and O–H groups in total. The van der Waals surface area contributed by atoms with Gasteiger partial charge in [0.1, 0.15) is 0 Å². The van der Waals surface area contributed by atoms with Crippen LogP contribution < -0.4 is 20.9 Å². The second-order valence-electron chi connectivity index (χ2n) is 12.4. The highest BCUT2D eigenvalue weighted by Gasteiger charge is 2.29. The third-order valence-electron chi connectivity index (χ3n) is 9.50. The molecule has 1 unspecified atom stereocenters. The van der Waals surface area contributed by atoms with E-state index in [4.69, 9.17) is 0 Å². The fourth-order valence-corrected chi connectivity index (χ4v) is 6.79. The fraction of sp³-hybridized carbons (Fsp3) is 0.500. The normalized spacial score (nSPS) is 21.4. The van der Waals surface area contributed by atoms with Crippen LogP contribution in [0.3, 0.4) is 0 Å². The topological polar surface area (TPSA) is 141 Å². The molecule has 1 aromatic carbocycles. The van der Waals surface area contributed by atoms with Gasteiger partial charge in [-0.1, -0.05) is 12.1 Å². The van der Waals surface area contributed by atoms with Gasteiger partial charge in [0.15, 0.2) is 0 Å². The number of rotatable bonds is 7. The number of hydrogen-bond acceptors (Lipinski definition) is 10. The van der Waals surface area contributed by atoms with Gasteiger partial charge in [0.25, 0.3) is 0 Å². The van der Waals surface area contributed by atoms with Gasteiger partial charge in [-0.25, -0.2) is 9.97 Å². The number of nitrogens with zero attached hydrogens (tertiary/aromatic N) is 7. The molecule has 3 fully saturated rings. The number of benzene rings is 1. The zero-order chi connectivity index (χ0) is 30.8. The first-order valence-electron chi connectivity index (χ1n) is 16.0. The van der Waals surface area contributed by atoms with Crippen molar-refractivity contribution in [2.75, 3.05) is 62.6 Å². The quantitative estimate of drug-likeness (QED) is 0.337. The van der Waals surface area contributed by atoms with Crippen LogP contribution in [0.5, 0.6) is 0 Å². The van der Waals surface area contributed by atoms with Crippen LogP contribution in [0.15, 0.2) is 42.9 Å². The van der Waals surface area contributed by atoms with Gasteiger partial charge in [-0.05, 0) is 55.5 Å². The van der Waals surface area contributed by atoms with E-state index in [2.05, 4.69) is 52.9 Å².